The Morgan fingerprint density at radius 1 is 1.07 bits per heavy atom. The molecule has 1 atom stereocenters. The van der Waals surface area contributed by atoms with E-state index in [2.05, 4.69) is 15.6 Å². The molecule has 0 saturated carbocycles. The number of hydrogen-bond acceptors (Lipinski definition) is 3. The highest BCUT2D eigenvalue weighted by molar-refractivity contribution is 6.30. The highest BCUT2D eigenvalue weighted by Gasteiger charge is 2.34. The number of fused-ring (bicyclic) bond motifs is 1. The third kappa shape index (κ3) is 4.31. The molecule has 0 spiro atoms. The van der Waals surface area contributed by atoms with E-state index in [1.807, 2.05) is 24.4 Å². The Morgan fingerprint density at radius 2 is 1.83 bits per heavy atom. The van der Waals surface area contributed by atoms with Crippen molar-refractivity contribution >= 4 is 45.9 Å². The quantitative estimate of drug-likeness (QED) is 0.531. The van der Waals surface area contributed by atoms with Crippen LogP contribution in [0.4, 0.5) is 5.69 Å². The number of anilines is 1. The van der Waals surface area contributed by atoms with Gasteiger partial charge in [-0.25, -0.2) is 0 Å². The number of aromatic amines is 1. The molecular formula is C22H21ClN4O3. The molecule has 1 saturated heterocycles. The molecule has 7 nitrogen and oxygen atoms in total. The van der Waals surface area contributed by atoms with Crippen molar-refractivity contribution < 1.29 is 14.4 Å². The molecule has 1 aliphatic heterocycles. The zero-order chi connectivity index (χ0) is 21.1. The van der Waals surface area contributed by atoms with Gasteiger partial charge in [0.05, 0.1) is 5.92 Å². The lowest BCUT2D eigenvalue weighted by molar-refractivity contribution is -0.126. The molecule has 1 aliphatic rings. The third-order valence-corrected chi connectivity index (χ3v) is 5.41. The van der Waals surface area contributed by atoms with Crippen LogP contribution < -0.4 is 15.5 Å². The van der Waals surface area contributed by atoms with E-state index in [0.717, 1.165) is 16.6 Å². The van der Waals surface area contributed by atoms with Gasteiger partial charge in [0.1, 0.15) is 0 Å². The Labute approximate surface area is 178 Å². The van der Waals surface area contributed by atoms with Crippen LogP contribution >= 0.6 is 11.6 Å². The van der Waals surface area contributed by atoms with Gasteiger partial charge in [-0.1, -0.05) is 11.6 Å². The second kappa shape index (κ2) is 8.59. The standard InChI is InChI=1S/C22H21ClN4O3/c23-17-2-4-18(5-3-17)27-13-16(12-20(27)28)22(30)26-10-9-25-21(29)15-1-6-19-14(11-15)7-8-24-19/h1-8,11,16,24H,9-10,12-13H2,(H,25,29)(H,26,30). The summed E-state index contributed by atoms with van der Waals surface area (Å²) in [7, 11) is 0. The number of H-pyrrole nitrogens is 1. The number of hydrogen-bond donors (Lipinski definition) is 3. The lowest BCUT2D eigenvalue weighted by Crippen LogP contribution is -2.38. The van der Waals surface area contributed by atoms with Crippen molar-refractivity contribution in [2.45, 2.75) is 6.42 Å². The van der Waals surface area contributed by atoms with Gasteiger partial charge in [-0.3, -0.25) is 14.4 Å². The fourth-order valence-electron chi connectivity index (χ4n) is 3.56. The first kappa shape index (κ1) is 20.0. The Morgan fingerprint density at radius 3 is 2.63 bits per heavy atom. The monoisotopic (exact) mass is 424 g/mol. The predicted molar refractivity (Wildman–Crippen MR) is 116 cm³/mol. The van der Waals surface area contributed by atoms with Gasteiger partial charge in [-0.2, -0.15) is 0 Å². The summed E-state index contributed by atoms with van der Waals surface area (Å²) in [5.74, 6) is -0.897. The van der Waals surface area contributed by atoms with Crippen LogP contribution in [0.1, 0.15) is 16.8 Å². The van der Waals surface area contributed by atoms with Gasteiger partial charge in [0.25, 0.3) is 5.91 Å². The van der Waals surface area contributed by atoms with E-state index in [1.165, 1.54) is 0 Å². The van der Waals surface area contributed by atoms with Crippen LogP contribution in [0.3, 0.4) is 0 Å². The maximum atomic E-state index is 12.4. The summed E-state index contributed by atoms with van der Waals surface area (Å²) in [5.41, 5.74) is 2.26. The second-order valence-electron chi connectivity index (χ2n) is 7.21. The minimum Gasteiger partial charge on any atom is -0.361 e. The minimum atomic E-state index is -0.417. The van der Waals surface area contributed by atoms with E-state index < -0.39 is 5.92 Å². The van der Waals surface area contributed by atoms with Crippen molar-refractivity contribution in [3.63, 3.8) is 0 Å². The maximum Gasteiger partial charge on any atom is 0.251 e. The summed E-state index contributed by atoms with van der Waals surface area (Å²) < 4.78 is 0. The number of carbonyl (C=O) groups excluding carboxylic acids is 3. The molecule has 3 aromatic rings. The number of benzene rings is 2. The largest absolute Gasteiger partial charge is 0.361 e. The van der Waals surface area contributed by atoms with Crippen molar-refractivity contribution in [2.75, 3.05) is 24.5 Å². The summed E-state index contributed by atoms with van der Waals surface area (Å²) in [5, 5.41) is 7.15. The summed E-state index contributed by atoms with van der Waals surface area (Å²) in [4.78, 5) is 41.7. The topological polar surface area (TPSA) is 94.3 Å². The summed E-state index contributed by atoms with van der Waals surface area (Å²) in [6, 6.07) is 14.3. The predicted octanol–water partition coefficient (Wildman–Crippen LogP) is 2.72. The Balaban J connectivity index is 1.24. The number of halogens is 1. The normalized spacial score (nSPS) is 16.1. The summed E-state index contributed by atoms with van der Waals surface area (Å²) >= 11 is 5.89. The molecule has 3 amide bonds. The van der Waals surface area contributed by atoms with Crippen molar-refractivity contribution in [1.82, 2.24) is 15.6 Å². The van der Waals surface area contributed by atoms with E-state index in [1.54, 1.807) is 35.2 Å². The molecule has 2 heterocycles. The number of nitrogens with one attached hydrogen (secondary N) is 3. The van der Waals surface area contributed by atoms with Crippen molar-refractivity contribution in [3.05, 3.63) is 65.3 Å². The van der Waals surface area contributed by atoms with Crippen molar-refractivity contribution in [3.8, 4) is 0 Å². The van der Waals surface area contributed by atoms with Crippen LogP contribution in [-0.2, 0) is 9.59 Å². The van der Waals surface area contributed by atoms with Crippen LogP contribution in [0.2, 0.25) is 5.02 Å². The molecule has 3 N–H and O–H groups in total. The Bertz CT molecular complexity index is 1090. The number of aromatic nitrogens is 1. The summed E-state index contributed by atoms with van der Waals surface area (Å²) in [6.45, 7) is 0.926. The van der Waals surface area contributed by atoms with E-state index in [0.29, 0.717) is 30.2 Å². The molecule has 4 rings (SSSR count). The van der Waals surface area contributed by atoms with Crippen LogP contribution in [0.5, 0.6) is 0 Å². The van der Waals surface area contributed by atoms with Crippen LogP contribution in [0, 0.1) is 5.92 Å². The number of amides is 3. The fraction of sp³-hybridized carbons (Fsp3) is 0.227. The van der Waals surface area contributed by atoms with E-state index in [9.17, 15) is 14.4 Å². The first-order chi connectivity index (χ1) is 14.5. The molecule has 0 bridgehead atoms. The molecular weight excluding hydrogens is 404 g/mol. The molecule has 0 aliphatic carbocycles. The zero-order valence-electron chi connectivity index (χ0n) is 16.2. The molecule has 1 unspecified atom stereocenters. The van der Waals surface area contributed by atoms with Crippen molar-refractivity contribution in [2.24, 2.45) is 5.92 Å². The molecule has 30 heavy (non-hydrogen) atoms. The first-order valence-corrected chi connectivity index (χ1v) is 10.1. The number of rotatable bonds is 6. The molecule has 2 aromatic carbocycles. The highest BCUT2D eigenvalue weighted by atomic mass is 35.5. The smallest absolute Gasteiger partial charge is 0.251 e. The van der Waals surface area contributed by atoms with Gasteiger partial charge in [-0.05, 0) is 48.5 Å². The maximum absolute atomic E-state index is 12.4. The third-order valence-electron chi connectivity index (χ3n) is 5.16. The lowest BCUT2D eigenvalue weighted by atomic mass is 10.1. The van der Waals surface area contributed by atoms with Crippen LogP contribution in [-0.4, -0.2) is 42.3 Å². The molecule has 1 aromatic heterocycles. The first-order valence-electron chi connectivity index (χ1n) is 9.70. The van der Waals surface area contributed by atoms with Gasteiger partial charge >= 0.3 is 0 Å². The Kier molecular flexibility index (Phi) is 5.72. The molecule has 1 fully saturated rings. The van der Waals surface area contributed by atoms with Gasteiger partial charge < -0.3 is 20.5 Å². The Hall–Kier alpha value is -3.32. The van der Waals surface area contributed by atoms with E-state index in [-0.39, 0.29) is 24.1 Å². The van der Waals surface area contributed by atoms with Gasteiger partial charge in [-0.15, -0.1) is 0 Å². The zero-order valence-corrected chi connectivity index (χ0v) is 16.9. The number of nitrogens with zero attached hydrogens (tertiary/aromatic N) is 1. The highest BCUT2D eigenvalue weighted by Crippen LogP contribution is 2.26. The van der Waals surface area contributed by atoms with E-state index >= 15 is 0 Å². The SMILES string of the molecule is O=C(NCCNC(=O)C1CC(=O)N(c2ccc(Cl)cc2)C1)c1ccc2[nH]ccc2c1. The average Bonchev–Trinajstić information content (AvgIpc) is 3.37. The molecule has 154 valence electrons. The summed E-state index contributed by atoms with van der Waals surface area (Å²) in [6.07, 6.45) is 1.99. The van der Waals surface area contributed by atoms with E-state index in [4.69, 9.17) is 11.6 Å². The van der Waals surface area contributed by atoms with Crippen LogP contribution in [0.15, 0.2) is 54.7 Å². The van der Waals surface area contributed by atoms with Gasteiger partial charge in [0.15, 0.2) is 0 Å². The number of carbonyl (C=O) groups is 3. The molecule has 0 radical (unpaired) electrons. The van der Waals surface area contributed by atoms with Crippen LogP contribution in [0.25, 0.3) is 10.9 Å². The van der Waals surface area contributed by atoms with Gasteiger partial charge in [0.2, 0.25) is 11.8 Å². The van der Waals surface area contributed by atoms with Crippen molar-refractivity contribution in [1.29, 1.82) is 0 Å². The van der Waals surface area contributed by atoms with Gasteiger partial charge in [0, 0.05) is 59.4 Å². The molecule has 8 heteroatoms. The average molecular weight is 425 g/mol. The lowest BCUT2D eigenvalue weighted by Gasteiger charge is -2.16. The second-order valence-corrected chi connectivity index (χ2v) is 7.64. The fourth-order valence-corrected chi connectivity index (χ4v) is 3.68. The minimum absolute atomic E-state index is 0.0917.